The number of nitrogens with one attached hydrogen (secondary N) is 1. The lowest BCUT2D eigenvalue weighted by molar-refractivity contribution is -0.118. The number of carbonyl (C=O) groups excluding carboxylic acids is 2. The van der Waals surface area contributed by atoms with Crippen LogP contribution in [0.3, 0.4) is 0 Å². The van der Waals surface area contributed by atoms with E-state index in [1.807, 2.05) is 6.07 Å². The Morgan fingerprint density at radius 1 is 1.30 bits per heavy atom. The van der Waals surface area contributed by atoms with Gasteiger partial charge >= 0.3 is 6.09 Å². The highest BCUT2D eigenvalue weighted by atomic mass is 16.5. The van der Waals surface area contributed by atoms with Gasteiger partial charge in [-0.05, 0) is 50.8 Å². The van der Waals surface area contributed by atoms with Crippen molar-refractivity contribution in [3.63, 3.8) is 0 Å². The zero-order valence-corrected chi connectivity index (χ0v) is 15.9. The van der Waals surface area contributed by atoms with Crippen LogP contribution in [-0.4, -0.2) is 66.6 Å². The first-order valence-electron chi connectivity index (χ1n) is 9.90. The summed E-state index contributed by atoms with van der Waals surface area (Å²) in [5.41, 5.74) is 1.15. The SMILES string of the molecule is COC(=O)N1CCC(CN2CCC3(CC2)CC(=O)Nc2ncccc23)CC1. The second-order valence-electron chi connectivity index (χ2n) is 8.11. The average molecular weight is 372 g/mol. The van der Waals surface area contributed by atoms with Gasteiger partial charge in [-0.3, -0.25) is 4.79 Å². The number of anilines is 1. The van der Waals surface area contributed by atoms with Gasteiger partial charge in [0.1, 0.15) is 5.82 Å². The first-order chi connectivity index (χ1) is 13.1. The fourth-order valence-electron chi connectivity index (χ4n) is 4.91. The van der Waals surface area contributed by atoms with Crippen molar-refractivity contribution in [1.29, 1.82) is 0 Å². The van der Waals surface area contributed by atoms with Gasteiger partial charge in [0.2, 0.25) is 5.91 Å². The molecule has 2 amide bonds. The summed E-state index contributed by atoms with van der Waals surface area (Å²) in [7, 11) is 1.44. The third-order valence-corrected chi connectivity index (χ3v) is 6.51. The number of hydrogen-bond donors (Lipinski definition) is 1. The maximum atomic E-state index is 12.2. The van der Waals surface area contributed by atoms with Crippen molar-refractivity contribution >= 4 is 17.8 Å². The molecule has 1 spiro atoms. The summed E-state index contributed by atoms with van der Waals surface area (Å²) < 4.78 is 4.81. The molecule has 27 heavy (non-hydrogen) atoms. The molecule has 3 aliphatic heterocycles. The number of carbonyl (C=O) groups is 2. The van der Waals surface area contributed by atoms with Gasteiger partial charge in [-0.1, -0.05) is 6.07 Å². The molecular formula is C20H28N4O3. The summed E-state index contributed by atoms with van der Waals surface area (Å²) in [4.78, 5) is 32.5. The number of piperidine rings is 2. The minimum atomic E-state index is -0.212. The van der Waals surface area contributed by atoms with E-state index in [9.17, 15) is 9.59 Å². The van der Waals surface area contributed by atoms with Crippen LogP contribution in [0.1, 0.15) is 37.7 Å². The summed E-state index contributed by atoms with van der Waals surface area (Å²) in [5, 5.41) is 2.92. The van der Waals surface area contributed by atoms with Crippen LogP contribution in [0.5, 0.6) is 0 Å². The molecule has 1 aromatic heterocycles. The molecule has 146 valence electrons. The van der Waals surface area contributed by atoms with Crippen molar-refractivity contribution in [1.82, 2.24) is 14.8 Å². The first-order valence-corrected chi connectivity index (χ1v) is 9.90. The van der Waals surface area contributed by atoms with Gasteiger partial charge in [0.05, 0.1) is 7.11 Å². The second kappa shape index (κ2) is 7.46. The molecule has 0 aromatic carbocycles. The van der Waals surface area contributed by atoms with Crippen LogP contribution in [-0.2, 0) is 14.9 Å². The van der Waals surface area contributed by atoms with Crippen LogP contribution in [0.25, 0.3) is 0 Å². The molecule has 0 aliphatic carbocycles. The summed E-state index contributed by atoms with van der Waals surface area (Å²) in [6, 6.07) is 4.10. The molecule has 0 bridgehead atoms. The van der Waals surface area contributed by atoms with E-state index in [0.29, 0.717) is 12.3 Å². The molecule has 7 heteroatoms. The predicted molar refractivity (Wildman–Crippen MR) is 102 cm³/mol. The topological polar surface area (TPSA) is 74.8 Å². The van der Waals surface area contributed by atoms with E-state index in [4.69, 9.17) is 4.74 Å². The number of pyridine rings is 1. The number of amides is 2. The number of likely N-dealkylation sites (tertiary alicyclic amines) is 2. The largest absolute Gasteiger partial charge is 0.453 e. The molecule has 0 atom stereocenters. The van der Waals surface area contributed by atoms with E-state index in [-0.39, 0.29) is 17.4 Å². The third kappa shape index (κ3) is 3.65. The molecule has 3 aliphatic rings. The van der Waals surface area contributed by atoms with Crippen LogP contribution >= 0.6 is 0 Å². The Balaban J connectivity index is 1.34. The Labute approximate surface area is 160 Å². The molecule has 0 saturated carbocycles. The molecule has 7 nitrogen and oxygen atoms in total. The van der Waals surface area contributed by atoms with E-state index >= 15 is 0 Å². The summed E-state index contributed by atoms with van der Waals surface area (Å²) in [5.74, 6) is 1.46. The second-order valence-corrected chi connectivity index (χ2v) is 8.11. The summed E-state index contributed by atoms with van der Waals surface area (Å²) in [6.07, 6.45) is 6.17. The zero-order valence-electron chi connectivity index (χ0n) is 15.9. The zero-order chi connectivity index (χ0) is 18.9. The van der Waals surface area contributed by atoms with Crippen LogP contribution in [0.15, 0.2) is 18.3 Å². The first kappa shape index (κ1) is 18.2. The number of hydrogen-bond acceptors (Lipinski definition) is 5. The van der Waals surface area contributed by atoms with E-state index < -0.39 is 0 Å². The highest BCUT2D eigenvalue weighted by molar-refractivity contribution is 5.94. The van der Waals surface area contributed by atoms with Gasteiger partial charge in [-0.2, -0.15) is 0 Å². The third-order valence-electron chi connectivity index (χ3n) is 6.51. The Morgan fingerprint density at radius 2 is 2.04 bits per heavy atom. The smallest absolute Gasteiger partial charge is 0.409 e. The lowest BCUT2D eigenvalue weighted by atomic mass is 9.69. The molecule has 1 aromatic rings. The normalized spacial score (nSPS) is 23.0. The minimum absolute atomic E-state index is 0.0589. The van der Waals surface area contributed by atoms with Crippen molar-refractivity contribution in [2.24, 2.45) is 5.92 Å². The molecule has 2 fully saturated rings. The lowest BCUT2D eigenvalue weighted by Crippen LogP contribution is -2.49. The van der Waals surface area contributed by atoms with Gasteiger partial charge in [0, 0.05) is 43.2 Å². The molecule has 4 heterocycles. The van der Waals surface area contributed by atoms with Crippen LogP contribution in [0.2, 0.25) is 0 Å². The van der Waals surface area contributed by atoms with E-state index in [0.717, 1.165) is 64.2 Å². The molecule has 0 unspecified atom stereocenters. The Morgan fingerprint density at radius 3 is 2.74 bits per heavy atom. The van der Waals surface area contributed by atoms with Crippen LogP contribution in [0, 0.1) is 5.92 Å². The van der Waals surface area contributed by atoms with Gasteiger partial charge in [0.25, 0.3) is 0 Å². The van der Waals surface area contributed by atoms with E-state index in [1.54, 1.807) is 11.1 Å². The average Bonchev–Trinajstić information content (AvgIpc) is 2.70. The number of aromatic nitrogens is 1. The Kier molecular flexibility index (Phi) is 5.04. The highest BCUT2D eigenvalue weighted by Gasteiger charge is 2.43. The Bertz CT molecular complexity index is 707. The van der Waals surface area contributed by atoms with Crippen molar-refractivity contribution in [3.05, 3.63) is 23.9 Å². The van der Waals surface area contributed by atoms with Gasteiger partial charge < -0.3 is 19.9 Å². The maximum Gasteiger partial charge on any atom is 0.409 e. The standard InChI is InChI=1S/C20H28N4O3/c1-27-19(26)24-9-4-15(5-10-24)14-23-11-6-20(7-12-23)13-17(25)22-18-16(20)3-2-8-21-18/h2-3,8,15H,4-7,9-14H2,1H3,(H,21,22,25). The summed E-state index contributed by atoms with van der Waals surface area (Å²) >= 11 is 0. The monoisotopic (exact) mass is 372 g/mol. The molecule has 2 saturated heterocycles. The van der Waals surface area contributed by atoms with E-state index in [2.05, 4.69) is 21.3 Å². The number of ether oxygens (including phenoxy) is 1. The van der Waals surface area contributed by atoms with Crippen LogP contribution in [0.4, 0.5) is 10.6 Å². The van der Waals surface area contributed by atoms with Gasteiger partial charge in [-0.15, -0.1) is 0 Å². The van der Waals surface area contributed by atoms with Crippen molar-refractivity contribution in [2.75, 3.05) is 45.2 Å². The van der Waals surface area contributed by atoms with Crippen LogP contribution < -0.4 is 5.32 Å². The highest BCUT2D eigenvalue weighted by Crippen LogP contribution is 2.44. The summed E-state index contributed by atoms with van der Waals surface area (Å²) in [6.45, 7) is 4.68. The molecule has 4 rings (SSSR count). The lowest BCUT2D eigenvalue weighted by Gasteiger charge is -2.45. The van der Waals surface area contributed by atoms with Gasteiger partial charge in [-0.25, -0.2) is 9.78 Å². The minimum Gasteiger partial charge on any atom is -0.453 e. The quantitative estimate of drug-likeness (QED) is 0.862. The van der Waals surface area contributed by atoms with Crippen molar-refractivity contribution < 1.29 is 14.3 Å². The number of nitrogens with zero attached hydrogens (tertiary/aromatic N) is 3. The van der Waals surface area contributed by atoms with Crippen molar-refractivity contribution in [2.45, 2.75) is 37.5 Å². The molecule has 0 radical (unpaired) electrons. The van der Waals surface area contributed by atoms with Gasteiger partial charge in [0.15, 0.2) is 0 Å². The number of fused-ring (bicyclic) bond motifs is 2. The maximum absolute atomic E-state index is 12.2. The Hall–Kier alpha value is -2.15. The van der Waals surface area contributed by atoms with Crippen molar-refractivity contribution in [3.8, 4) is 0 Å². The fourth-order valence-corrected chi connectivity index (χ4v) is 4.91. The fraction of sp³-hybridized carbons (Fsp3) is 0.650. The molecule has 1 N–H and O–H groups in total. The molecular weight excluding hydrogens is 344 g/mol. The number of rotatable bonds is 2. The number of methoxy groups -OCH3 is 1. The predicted octanol–water partition coefficient (Wildman–Crippen LogP) is 2.24. The van der Waals surface area contributed by atoms with E-state index in [1.165, 1.54) is 12.7 Å².